The molecule has 0 N–H and O–H groups in total. The summed E-state index contributed by atoms with van der Waals surface area (Å²) in [6.45, 7) is 0. The molecule has 5 heteroatoms. The molecule has 4 rings (SSSR count). The molecule has 18 heavy (non-hydrogen) atoms. The maximum Gasteiger partial charge on any atom is 0.296 e. The predicted molar refractivity (Wildman–Crippen MR) is 64.5 cm³/mol. The first kappa shape index (κ1) is 9.35. The van der Waals surface area contributed by atoms with E-state index in [4.69, 9.17) is 8.83 Å². The molecule has 0 unspecified atom stereocenters. The maximum atomic E-state index is 11.7. The van der Waals surface area contributed by atoms with Crippen LogP contribution < -0.4 is 5.56 Å². The molecule has 0 saturated carbocycles. The zero-order chi connectivity index (χ0) is 12.1. The fourth-order valence-electron chi connectivity index (χ4n) is 2.18. The second-order valence-electron chi connectivity index (χ2n) is 3.92. The van der Waals surface area contributed by atoms with Crippen molar-refractivity contribution in [3.8, 4) is 11.3 Å². The maximum absolute atomic E-state index is 11.7. The Balaban J connectivity index is 2.34. The summed E-state index contributed by atoms with van der Waals surface area (Å²) in [4.78, 5) is 19.7. The number of rotatable bonds is 0. The highest BCUT2D eigenvalue weighted by molar-refractivity contribution is 6.10. The zero-order valence-electron chi connectivity index (χ0n) is 9.08. The topological polar surface area (TPSA) is 69.1 Å². The summed E-state index contributed by atoms with van der Waals surface area (Å²) >= 11 is 0. The van der Waals surface area contributed by atoms with Gasteiger partial charge in [-0.05, 0) is 18.2 Å². The first-order chi connectivity index (χ1) is 8.84. The lowest BCUT2D eigenvalue weighted by Crippen LogP contribution is -2.07. The Morgan fingerprint density at radius 2 is 1.94 bits per heavy atom. The quantitative estimate of drug-likeness (QED) is 0.470. The fraction of sp³-hybridized carbons (Fsp3) is 0. The van der Waals surface area contributed by atoms with E-state index in [-0.39, 0.29) is 5.56 Å². The summed E-state index contributed by atoms with van der Waals surface area (Å²) in [6.07, 6.45) is 4.40. The van der Waals surface area contributed by atoms with Crippen LogP contribution in [0.1, 0.15) is 0 Å². The molecule has 0 atom stereocenters. The third-order valence-electron chi connectivity index (χ3n) is 2.93. The molecular weight excluding hydrogens is 232 g/mol. The van der Waals surface area contributed by atoms with Gasteiger partial charge in [0.25, 0.3) is 5.56 Å². The zero-order valence-corrected chi connectivity index (χ0v) is 9.08. The SMILES string of the molecule is O=c1nccc2c3c(ccc4occoc43)nc1-2. The van der Waals surface area contributed by atoms with Gasteiger partial charge in [0.1, 0.15) is 18.2 Å². The Bertz CT molecular complexity index is 907. The Morgan fingerprint density at radius 1 is 1.06 bits per heavy atom. The van der Waals surface area contributed by atoms with Gasteiger partial charge >= 0.3 is 0 Å². The standard InChI is InChI=1S/C13H6N2O3/c16-13-11-7(3-4-14-13)10-8(15-11)1-2-9-12(10)18-6-5-17-9/h1-6H. The highest BCUT2D eigenvalue weighted by Gasteiger charge is 2.18. The summed E-state index contributed by atoms with van der Waals surface area (Å²) in [5.74, 6) is 0. The van der Waals surface area contributed by atoms with Crippen LogP contribution in [0.25, 0.3) is 33.3 Å². The number of nitrogens with zero attached hydrogens (tertiary/aromatic N) is 2. The predicted octanol–water partition coefficient (Wildman–Crippen LogP) is 2.43. The van der Waals surface area contributed by atoms with Gasteiger partial charge in [0.2, 0.25) is 0 Å². The molecule has 3 heterocycles. The van der Waals surface area contributed by atoms with Crippen LogP contribution in [-0.2, 0) is 0 Å². The van der Waals surface area contributed by atoms with Crippen LogP contribution in [0.2, 0.25) is 0 Å². The molecule has 2 aliphatic heterocycles. The highest BCUT2D eigenvalue weighted by atomic mass is 16.4. The van der Waals surface area contributed by atoms with Crippen molar-refractivity contribution in [3.05, 3.63) is 47.3 Å². The summed E-state index contributed by atoms with van der Waals surface area (Å²) in [5, 5.41) is 0.784. The molecule has 1 aromatic carbocycles. The van der Waals surface area contributed by atoms with Crippen LogP contribution in [0, 0.1) is 0 Å². The van der Waals surface area contributed by atoms with Crippen molar-refractivity contribution in [1.82, 2.24) is 9.97 Å². The van der Waals surface area contributed by atoms with Gasteiger partial charge in [-0.15, -0.1) is 0 Å². The average Bonchev–Trinajstić information content (AvgIpc) is 2.79. The summed E-state index contributed by atoms with van der Waals surface area (Å²) in [7, 11) is 0. The van der Waals surface area contributed by atoms with Crippen LogP contribution in [0.5, 0.6) is 0 Å². The van der Waals surface area contributed by atoms with Crippen LogP contribution >= 0.6 is 0 Å². The van der Waals surface area contributed by atoms with Crippen LogP contribution in [0.4, 0.5) is 0 Å². The van der Waals surface area contributed by atoms with E-state index >= 15 is 0 Å². The van der Waals surface area contributed by atoms with Crippen molar-refractivity contribution in [1.29, 1.82) is 0 Å². The Kier molecular flexibility index (Phi) is 1.64. The Morgan fingerprint density at radius 3 is 2.89 bits per heavy atom. The van der Waals surface area contributed by atoms with E-state index in [0.717, 1.165) is 10.9 Å². The van der Waals surface area contributed by atoms with Crippen molar-refractivity contribution in [2.75, 3.05) is 0 Å². The van der Waals surface area contributed by atoms with Crippen molar-refractivity contribution in [3.63, 3.8) is 0 Å². The molecular formula is C13H6N2O3. The number of fused-ring (bicyclic) bond motifs is 5. The van der Waals surface area contributed by atoms with Crippen molar-refractivity contribution in [2.45, 2.75) is 0 Å². The minimum Gasteiger partial charge on any atom is -0.458 e. The van der Waals surface area contributed by atoms with E-state index in [0.29, 0.717) is 22.4 Å². The van der Waals surface area contributed by atoms with E-state index in [9.17, 15) is 4.79 Å². The Hall–Kier alpha value is -2.69. The van der Waals surface area contributed by atoms with E-state index < -0.39 is 0 Å². The summed E-state index contributed by atoms with van der Waals surface area (Å²) in [6, 6.07) is 5.33. The molecule has 2 aliphatic rings. The van der Waals surface area contributed by atoms with E-state index in [1.54, 1.807) is 18.2 Å². The van der Waals surface area contributed by atoms with Crippen LogP contribution in [0.3, 0.4) is 0 Å². The molecule has 1 aromatic heterocycles. The second-order valence-corrected chi connectivity index (χ2v) is 3.92. The van der Waals surface area contributed by atoms with Crippen molar-refractivity contribution >= 4 is 22.1 Å². The van der Waals surface area contributed by atoms with E-state index in [1.807, 2.05) is 0 Å². The molecule has 0 bridgehead atoms. The van der Waals surface area contributed by atoms with Gasteiger partial charge in [-0.25, -0.2) is 9.97 Å². The number of hydrogen-bond donors (Lipinski definition) is 0. The van der Waals surface area contributed by atoms with Crippen LogP contribution in [0.15, 0.2) is 50.6 Å². The minimum atomic E-state index is -0.329. The largest absolute Gasteiger partial charge is 0.458 e. The summed E-state index contributed by atoms with van der Waals surface area (Å²) < 4.78 is 10.8. The Labute approximate surface area is 100 Å². The minimum absolute atomic E-state index is 0.329. The van der Waals surface area contributed by atoms with E-state index in [1.165, 1.54) is 18.7 Å². The molecule has 86 valence electrons. The van der Waals surface area contributed by atoms with E-state index in [2.05, 4.69) is 9.97 Å². The van der Waals surface area contributed by atoms with Gasteiger partial charge in [0, 0.05) is 11.8 Å². The molecule has 0 amide bonds. The third kappa shape index (κ3) is 1.08. The molecule has 2 aromatic rings. The van der Waals surface area contributed by atoms with Gasteiger partial charge in [-0.1, -0.05) is 0 Å². The number of pyridine rings is 1. The fourth-order valence-corrected chi connectivity index (χ4v) is 2.18. The van der Waals surface area contributed by atoms with Gasteiger partial charge in [0.05, 0.1) is 10.9 Å². The number of hydrogen-bond acceptors (Lipinski definition) is 5. The smallest absolute Gasteiger partial charge is 0.296 e. The lowest BCUT2D eigenvalue weighted by molar-refractivity contribution is 0.511. The van der Waals surface area contributed by atoms with Gasteiger partial charge in [-0.2, -0.15) is 0 Å². The van der Waals surface area contributed by atoms with Gasteiger partial charge in [0.15, 0.2) is 11.2 Å². The second kappa shape index (κ2) is 3.16. The third-order valence-corrected chi connectivity index (χ3v) is 2.93. The summed E-state index contributed by atoms with van der Waals surface area (Å²) in [5.41, 5.74) is 2.67. The molecule has 0 radical (unpaired) electrons. The number of benzene rings is 1. The lowest BCUT2D eigenvalue weighted by atomic mass is 10.1. The van der Waals surface area contributed by atoms with Gasteiger partial charge < -0.3 is 8.83 Å². The first-order valence-corrected chi connectivity index (χ1v) is 5.38. The lowest BCUT2D eigenvalue weighted by Gasteiger charge is -1.98. The van der Waals surface area contributed by atoms with Crippen LogP contribution in [-0.4, -0.2) is 9.97 Å². The normalized spacial score (nSPS) is 11.6. The first-order valence-electron chi connectivity index (χ1n) is 5.38. The average molecular weight is 238 g/mol. The van der Waals surface area contributed by atoms with Crippen molar-refractivity contribution in [2.24, 2.45) is 0 Å². The molecule has 0 aliphatic carbocycles. The number of aromatic nitrogens is 2. The van der Waals surface area contributed by atoms with Gasteiger partial charge in [-0.3, -0.25) is 4.79 Å². The molecule has 0 spiro atoms. The van der Waals surface area contributed by atoms with Crippen molar-refractivity contribution < 1.29 is 8.83 Å². The highest BCUT2D eigenvalue weighted by Crippen LogP contribution is 2.33. The molecule has 0 fully saturated rings. The molecule has 5 nitrogen and oxygen atoms in total. The molecule has 0 saturated heterocycles. The monoisotopic (exact) mass is 238 g/mol.